The Balaban J connectivity index is 3.40. The lowest BCUT2D eigenvalue weighted by Gasteiger charge is -2.00. The monoisotopic (exact) mass is 206 g/mol. The zero-order valence-electron chi connectivity index (χ0n) is 7.33. The summed E-state index contributed by atoms with van der Waals surface area (Å²) in [4.78, 5) is 0. The van der Waals surface area contributed by atoms with Crippen LogP contribution < -0.4 is 0 Å². The van der Waals surface area contributed by atoms with E-state index in [0.717, 1.165) is 18.2 Å². The van der Waals surface area contributed by atoms with Gasteiger partial charge >= 0.3 is 0 Å². The molecule has 3 nitrogen and oxygen atoms in total. The second-order valence-electron chi connectivity index (χ2n) is 2.58. The van der Waals surface area contributed by atoms with E-state index in [-0.39, 0.29) is 0 Å². The number of aromatic hydroxyl groups is 1. The molecule has 5 heteroatoms. The standard InChI is InChI=1S/C10H4F2N2O/c11-8-1-2-9(15)10(12)7(8)3-6(4-13)5-14/h1-3,15H. The number of rotatable bonds is 1. The SMILES string of the molecule is N#CC(C#N)=Cc1c(F)ccc(O)c1F. The van der Waals surface area contributed by atoms with E-state index >= 15 is 0 Å². The number of nitrogens with zero attached hydrogens (tertiary/aromatic N) is 2. The zero-order valence-corrected chi connectivity index (χ0v) is 7.33. The van der Waals surface area contributed by atoms with Gasteiger partial charge in [0, 0.05) is 0 Å². The highest BCUT2D eigenvalue weighted by atomic mass is 19.1. The maximum atomic E-state index is 13.1. The molecule has 0 bridgehead atoms. The van der Waals surface area contributed by atoms with Gasteiger partial charge in [0.1, 0.15) is 23.5 Å². The highest BCUT2D eigenvalue weighted by Crippen LogP contribution is 2.23. The van der Waals surface area contributed by atoms with Crippen LogP contribution in [0.3, 0.4) is 0 Å². The van der Waals surface area contributed by atoms with Crippen LogP contribution in [0, 0.1) is 34.3 Å². The molecule has 0 amide bonds. The normalized spacial score (nSPS) is 8.80. The van der Waals surface area contributed by atoms with Gasteiger partial charge in [-0.3, -0.25) is 0 Å². The van der Waals surface area contributed by atoms with Gasteiger partial charge < -0.3 is 5.11 Å². The first-order valence-corrected chi connectivity index (χ1v) is 3.79. The quantitative estimate of drug-likeness (QED) is 0.715. The highest BCUT2D eigenvalue weighted by molar-refractivity contribution is 5.63. The van der Waals surface area contributed by atoms with E-state index in [4.69, 9.17) is 15.6 Å². The van der Waals surface area contributed by atoms with Crippen LogP contribution in [-0.4, -0.2) is 5.11 Å². The van der Waals surface area contributed by atoms with Gasteiger partial charge in [-0.1, -0.05) is 0 Å². The summed E-state index contributed by atoms with van der Waals surface area (Å²) in [5, 5.41) is 25.7. The molecule has 1 aromatic carbocycles. The number of nitriles is 2. The minimum Gasteiger partial charge on any atom is -0.505 e. The Labute approximate surface area is 84.1 Å². The molecule has 1 rings (SSSR count). The van der Waals surface area contributed by atoms with Gasteiger partial charge in [0.25, 0.3) is 0 Å². The van der Waals surface area contributed by atoms with Gasteiger partial charge in [-0.25, -0.2) is 8.78 Å². The summed E-state index contributed by atoms with van der Waals surface area (Å²) >= 11 is 0. The molecule has 0 aliphatic heterocycles. The van der Waals surface area contributed by atoms with E-state index in [2.05, 4.69) is 0 Å². The molecule has 0 aromatic heterocycles. The second-order valence-corrected chi connectivity index (χ2v) is 2.58. The lowest BCUT2D eigenvalue weighted by Crippen LogP contribution is -1.90. The predicted molar refractivity (Wildman–Crippen MR) is 47.2 cm³/mol. The van der Waals surface area contributed by atoms with Crippen LogP contribution in [-0.2, 0) is 0 Å². The van der Waals surface area contributed by atoms with Gasteiger partial charge in [0.15, 0.2) is 11.6 Å². The molecule has 15 heavy (non-hydrogen) atoms. The van der Waals surface area contributed by atoms with E-state index in [0.29, 0.717) is 0 Å². The third kappa shape index (κ3) is 2.09. The van der Waals surface area contributed by atoms with Crippen LogP contribution in [0.5, 0.6) is 5.75 Å². The van der Waals surface area contributed by atoms with E-state index in [1.807, 2.05) is 0 Å². The maximum absolute atomic E-state index is 13.1. The Morgan fingerprint density at radius 3 is 2.40 bits per heavy atom. The minimum atomic E-state index is -1.20. The van der Waals surface area contributed by atoms with Crippen molar-refractivity contribution in [3.63, 3.8) is 0 Å². The van der Waals surface area contributed by atoms with Crippen molar-refractivity contribution in [2.45, 2.75) is 0 Å². The van der Waals surface area contributed by atoms with Crippen molar-refractivity contribution >= 4 is 6.08 Å². The van der Waals surface area contributed by atoms with Crippen LogP contribution in [0.4, 0.5) is 8.78 Å². The predicted octanol–water partition coefficient (Wildman–Crippen LogP) is 2.10. The van der Waals surface area contributed by atoms with Crippen LogP contribution in [0.2, 0.25) is 0 Å². The molecule has 0 aliphatic carbocycles. The van der Waals surface area contributed by atoms with E-state index in [1.54, 1.807) is 0 Å². The van der Waals surface area contributed by atoms with Crippen molar-refractivity contribution in [1.82, 2.24) is 0 Å². The number of halogens is 2. The largest absolute Gasteiger partial charge is 0.505 e. The van der Waals surface area contributed by atoms with E-state index in [9.17, 15) is 8.78 Å². The smallest absolute Gasteiger partial charge is 0.175 e. The molecule has 0 fully saturated rings. The third-order valence-electron chi connectivity index (χ3n) is 1.64. The number of phenols is 1. The fraction of sp³-hybridized carbons (Fsp3) is 0. The molecule has 0 unspecified atom stereocenters. The van der Waals surface area contributed by atoms with Gasteiger partial charge in [0.2, 0.25) is 0 Å². The summed E-state index contributed by atoms with van der Waals surface area (Å²) in [6.45, 7) is 0. The molecule has 74 valence electrons. The molecular weight excluding hydrogens is 202 g/mol. The number of hydrogen-bond acceptors (Lipinski definition) is 3. The molecule has 0 spiro atoms. The molecule has 1 aromatic rings. The summed E-state index contributed by atoms with van der Waals surface area (Å²) in [7, 11) is 0. The first-order chi connectivity index (χ1) is 7.10. The summed E-state index contributed by atoms with van der Waals surface area (Å²) < 4.78 is 26.2. The van der Waals surface area contributed by atoms with Gasteiger partial charge in [-0.05, 0) is 18.2 Å². The van der Waals surface area contributed by atoms with Crippen molar-refractivity contribution in [3.8, 4) is 17.9 Å². The minimum absolute atomic E-state index is 0.446. The summed E-state index contributed by atoms with van der Waals surface area (Å²) in [6, 6.07) is 4.61. The molecule has 1 N–H and O–H groups in total. The summed E-state index contributed by atoms with van der Waals surface area (Å²) in [6.07, 6.45) is 0.740. The van der Waals surface area contributed by atoms with Gasteiger partial charge in [0.05, 0.1) is 5.56 Å². The second kappa shape index (κ2) is 4.21. The Bertz CT molecular complexity index is 493. The fourth-order valence-electron chi connectivity index (χ4n) is 0.924. The van der Waals surface area contributed by atoms with Crippen LogP contribution in [0.1, 0.15) is 5.56 Å². The topological polar surface area (TPSA) is 67.8 Å². The van der Waals surface area contributed by atoms with Crippen molar-refractivity contribution in [1.29, 1.82) is 10.5 Å². The zero-order chi connectivity index (χ0) is 11.4. The number of benzene rings is 1. The molecule has 0 saturated heterocycles. The first kappa shape index (κ1) is 10.7. The molecule has 0 atom stereocenters. The maximum Gasteiger partial charge on any atom is 0.175 e. The van der Waals surface area contributed by atoms with Crippen molar-refractivity contribution in [2.24, 2.45) is 0 Å². The molecule has 0 heterocycles. The van der Waals surface area contributed by atoms with Gasteiger partial charge in [-0.15, -0.1) is 0 Å². The first-order valence-electron chi connectivity index (χ1n) is 3.79. The van der Waals surface area contributed by atoms with E-state index < -0.39 is 28.5 Å². The molecule has 0 radical (unpaired) electrons. The Morgan fingerprint density at radius 2 is 1.87 bits per heavy atom. The van der Waals surface area contributed by atoms with Crippen molar-refractivity contribution < 1.29 is 13.9 Å². The molecule has 0 saturated carbocycles. The summed E-state index contributed by atoms with van der Waals surface area (Å²) in [5.41, 5.74) is -1.05. The molecular formula is C10H4F2N2O. The number of hydrogen-bond donors (Lipinski definition) is 1. The van der Waals surface area contributed by atoms with E-state index in [1.165, 1.54) is 12.1 Å². The lowest BCUT2D eigenvalue weighted by atomic mass is 10.1. The average molecular weight is 206 g/mol. The fourth-order valence-corrected chi connectivity index (χ4v) is 0.924. The average Bonchev–Trinajstić information content (AvgIpc) is 2.24. The third-order valence-corrected chi connectivity index (χ3v) is 1.64. The highest BCUT2D eigenvalue weighted by Gasteiger charge is 2.11. The number of allylic oxidation sites excluding steroid dienone is 1. The Morgan fingerprint density at radius 1 is 1.27 bits per heavy atom. The van der Waals surface area contributed by atoms with Gasteiger partial charge in [-0.2, -0.15) is 10.5 Å². The van der Waals surface area contributed by atoms with Crippen molar-refractivity contribution in [2.75, 3.05) is 0 Å². The van der Waals surface area contributed by atoms with Crippen molar-refractivity contribution in [3.05, 3.63) is 34.9 Å². The molecule has 0 aliphatic rings. The Kier molecular flexibility index (Phi) is 3.00. The van der Waals surface area contributed by atoms with Crippen LogP contribution >= 0.6 is 0 Å². The summed E-state index contributed by atoms with van der Waals surface area (Å²) in [5.74, 6) is -2.89. The lowest BCUT2D eigenvalue weighted by molar-refractivity contribution is 0.427. The Hall–Kier alpha value is -2.40. The van der Waals surface area contributed by atoms with Crippen LogP contribution in [0.15, 0.2) is 17.7 Å². The number of phenolic OH excluding ortho intramolecular Hbond substituents is 1. The van der Waals surface area contributed by atoms with Crippen LogP contribution in [0.25, 0.3) is 6.08 Å².